The molecule has 0 amide bonds. The van der Waals surface area contributed by atoms with Crippen molar-refractivity contribution in [2.24, 2.45) is 5.41 Å². The van der Waals surface area contributed by atoms with Crippen molar-refractivity contribution in [1.82, 2.24) is 9.29 Å². The summed E-state index contributed by atoms with van der Waals surface area (Å²) in [6.07, 6.45) is 1.27. The third-order valence-corrected chi connectivity index (χ3v) is 4.68. The van der Waals surface area contributed by atoms with E-state index in [1.54, 1.807) is 6.92 Å². The molecule has 0 fully saturated rings. The van der Waals surface area contributed by atoms with E-state index in [-0.39, 0.29) is 10.5 Å². The Bertz CT molecular complexity index is 715. The average Bonchev–Trinajstić information content (AvgIpc) is 2.85. The first kappa shape index (κ1) is 16.7. The Labute approximate surface area is 132 Å². The van der Waals surface area contributed by atoms with Crippen LogP contribution in [0.3, 0.4) is 0 Å². The summed E-state index contributed by atoms with van der Waals surface area (Å²) in [6.45, 7) is 8.35. The lowest BCUT2D eigenvalue weighted by Crippen LogP contribution is -2.37. The van der Waals surface area contributed by atoms with Crippen molar-refractivity contribution in [3.05, 3.63) is 48.0 Å². The zero-order valence-electron chi connectivity index (χ0n) is 13.4. The van der Waals surface area contributed by atoms with Gasteiger partial charge in [0.25, 0.3) is 15.1 Å². The highest BCUT2D eigenvalue weighted by molar-refractivity contribution is 7.89. The van der Waals surface area contributed by atoms with Gasteiger partial charge in [0.2, 0.25) is 0 Å². The first-order valence-corrected chi connectivity index (χ1v) is 8.59. The van der Waals surface area contributed by atoms with Gasteiger partial charge < -0.3 is 4.42 Å². The van der Waals surface area contributed by atoms with E-state index in [9.17, 15) is 8.42 Å². The third kappa shape index (κ3) is 4.18. The summed E-state index contributed by atoms with van der Waals surface area (Å²) < 4.78 is 32.3. The zero-order valence-corrected chi connectivity index (χ0v) is 14.2. The fourth-order valence-electron chi connectivity index (χ4n) is 2.13. The molecular formula is C16H22N2O3S. The Kier molecular flexibility index (Phi) is 4.72. The quantitative estimate of drug-likeness (QED) is 0.848. The van der Waals surface area contributed by atoms with Gasteiger partial charge in [0.1, 0.15) is 0 Å². The van der Waals surface area contributed by atoms with Crippen LogP contribution in [-0.4, -0.2) is 24.3 Å². The van der Waals surface area contributed by atoms with Crippen molar-refractivity contribution >= 4 is 10.0 Å². The largest absolute Gasteiger partial charge is 0.428 e. The standard InChI is InChI=1S/C16H22N2O3S/c1-13-17-10-15(21-13)22(19,20)18(12-16(2,3)4)11-14-8-6-5-7-9-14/h5-10H,11-12H2,1-4H3. The molecule has 1 aromatic carbocycles. The molecule has 5 nitrogen and oxygen atoms in total. The molecule has 2 aromatic rings. The highest BCUT2D eigenvalue weighted by Gasteiger charge is 2.31. The molecule has 0 aliphatic carbocycles. The third-order valence-electron chi connectivity index (χ3n) is 3.05. The Morgan fingerprint density at radius 1 is 1.18 bits per heavy atom. The minimum absolute atomic E-state index is 0.106. The van der Waals surface area contributed by atoms with Crippen molar-refractivity contribution in [3.8, 4) is 0 Å². The van der Waals surface area contributed by atoms with Gasteiger partial charge in [0.05, 0.1) is 6.20 Å². The van der Waals surface area contributed by atoms with Gasteiger partial charge in [0.15, 0.2) is 5.89 Å². The molecule has 0 saturated heterocycles. The molecule has 0 atom stereocenters. The SMILES string of the molecule is Cc1ncc(S(=O)(=O)N(Cc2ccccc2)CC(C)(C)C)o1. The molecular weight excluding hydrogens is 300 g/mol. The number of aryl methyl sites for hydroxylation is 1. The molecule has 0 bridgehead atoms. The van der Waals surface area contributed by atoms with E-state index in [2.05, 4.69) is 4.98 Å². The lowest BCUT2D eigenvalue weighted by atomic mass is 9.97. The summed E-state index contributed by atoms with van der Waals surface area (Å²) in [6, 6.07) is 9.53. The van der Waals surface area contributed by atoms with E-state index < -0.39 is 10.0 Å². The van der Waals surface area contributed by atoms with Crippen LogP contribution in [-0.2, 0) is 16.6 Å². The molecule has 120 valence electrons. The number of hydrogen-bond acceptors (Lipinski definition) is 4. The van der Waals surface area contributed by atoms with Crippen LogP contribution in [0.2, 0.25) is 0 Å². The molecule has 0 radical (unpaired) electrons. The molecule has 22 heavy (non-hydrogen) atoms. The number of nitrogens with zero attached hydrogens (tertiary/aromatic N) is 2. The van der Waals surface area contributed by atoms with Crippen molar-refractivity contribution < 1.29 is 12.8 Å². The Morgan fingerprint density at radius 2 is 1.82 bits per heavy atom. The van der Waals surface area contributed by atoms with Crippen LogP contribution in [0.4, 0.5) is 0 Å². The first-order chi connectivity index (χ1) is 10.2. The smallest absolute Gasteiger partial charge is 0.278 e. The fourth-order valence-corrected chi connectivity index (χ4v) is 3.67. The van der Waals surface area contributed by atoms with Crippen LogP contribution in [0.5, 0.6) is 0 Å². The summed E-state index contributed by atoms with van der Waals surface area (Å²) in [5.74, 6) is 0.342. The summed E-state index contributed by atoms with van der Waals surface area (Å²) in [4.78, 5) is 3.90. The van der Waals surface area contributed by atoms with Gasteiger partial charge >= 0.3 is 0 Å². The van der Waals surface area contributed by atoms with Gasteiger partial charge in [-0.1, -0.05) is 51.1 Å². The molecule has 0 saturated carbocycles. The lowest BCUT2D eigenvalue weighted by Gasteiger charge is -2.28. The highest BCUT2D eigenvalue weighted by Crippen LogP contribution is 2.24. The summed E-state index contributed by atoms with van der Waals surface area (Å²) >= 11 is 0. The molecule has 0 aliphatic heterocycles. The minimum Gasteiger partial charge on any atom is -0.428 e. The zero-order chi connectivity index (χ0) is 16.4. The summed E-state index contributed by atoms with van der Waals surface area (Å²) in [7, 11) is -3.71. The van der Waals surface area contributed by atoms with Gasteiger partial charge in [-0.3, -0.25) is 0 Å². The normalized spacial score (nSPS) is 12.8. The fraction of sp³-hybridized carbons (Fsp3) is 0.438. The highest BCUT2D eigenvalue weighted by atomic mass is 32.2. The Balaban J connectivity index is 2.35. The Morgan fingerprint density at radius 3 is 2.32 bits per heavy atom. The molecule has 6 heteroatoms. The topological polar surface area (TPSA) is 63.4 Å². The lowest BCUT2D eigenvalue weighted by molar-refractivity contribution is 0.270. The minimum atomic E-state index is -3.71. The van der Waals surface area contributed by atoms with E-state index >= 15 is 0 Å². The molecule has 1 aromatic heterocycles. The average molecular weight is 322 g/mol. The van der Waals surface area contributed by atoms with Crippen LogP contribution >= 0.6 is 0 Å². The monoisotopic (exact) mass is 322 g/mol. The van der Waals surface area contributed by atoms with E-state index in [1.165, 1.54) is 10.5 Å². The number of benzene rings is 1. The van der Waals surface area contributed by atoms with Crippen LogP contribution < -0.4 is 0 Å². The maximum absolute atomic E-state index is 12.8. The van der Waals surface area contributed by atoms with Crippen LogP contribution in [0.15, 0.2) is 46.0 Å². The second kappa shape index (κ2) is 6.22. The number of oxazole rings is 1. The maximum Gasteiger partial charge on any atom is 0.278 e. The molecule has 0 N–H and O–H groups in total. The molecule has 2 rings (SSSR count). The number of hydrogen-bond donors (Lipinski definition) is 0. The molecule has 0 spiro atoms. The first-order valence-electron chi connectivity index (χ1n) is 7.15. The number of sulfonamides is 1. The van der Waals surface area contributed by atoms with Crippen LogP contribution in [0, 0.1) is 12.3 Å². The van der Waals surface area contributed by atoms with E-state index in [0.29, 0.717) is 19.0 Å². The summed E-state index contributed by atoms with van der Waals surface area (Å²) in [5, 5.41) is -0.106. The van der Waals surface area contributed by atoms with Crippen molar-refractivity contribution in [2.45, 2.75) is 39.3 Å². The van der Waals surface area contributed by atoms with Crippen LogP contribution in [0.1, 0.15) is 32.2 Å². The van der Waals surface area contributed by atoms with Gasteiger partial charge in [-0.05, 0) is 11.0 Å². The molecule has 0 unspecified atom stereocenters. The maximum atomic E-state index is 12.8. The van der Waals surface area contributed by atoms with E-state index in [4.69, 9.17) is 4.42 Å². The van der Waals surface area contributed by atoms with Gasteiger partial charge in [0, 0.05) is 20.0 Å². The predicted octanol–water partition coefficient (Wildman–Crippen LogP) is 3.22. The molecule has 1 heterocycles. The second-order valence-corrected chi connectivity index (χ2v) is 8.39. The van der Waals surface area contributed by atoms with Crippen molar-refractivity contribution in [1.29, 1.82) is 0 Å². The van der Waals surface area contributed by atoms with E-state index in [0.717, 1.165) is 5.56 Å². The van der Waals surface area contributed by atoms with Crippen molar-refractivity contribution in [2.75, 3.05) is 6.54 Å². The number of rotatable bonds is 5. The number of aromatic nitrogens is 1. The molecule has 0 aliphatic rings. The second-order valence-electron chi connectivity index (χ2n) is 6.52. The predicted molar refractivity (Wildman–Crippen MR) is 84.7 cm³/mol. The Hall–Kier alpha value is -1.66. The van der Waals surface area contributed by atoms with Crippen molar-refractivity contribution in [3.63, 3.8) is 0 Å². The summed E-state index contributed by atoms with van der Waals surface area (Å²) in [5.41, 5.74) is 0.767. The van der Waals surface area contributed by atoms with Gasteiger partial charge in [-0.2, -0.15) is 4.31 Å². The van der Waals surface area contributed by atoms with Gasteiger partial charge in [-0.15, -0.1) is 0 Å². The van der Waals surface area contributed by atoms with Crippen LogP contribution in [0.25, 0.3) is 0 Å². The van der Waals surface area contributed by atoms with Gasteiger partial charge in [-0.25, -0.2) is 13.4 Å². The van der Waals surface area contributed by atoms with E-state index in [1.807, 2.05) is 51.1 Å².